The van der Waals surface area contributed by atoms with E-state index in [-0.39, 0.29) is 23.5 Å². The number of rotatable bonds is 4. The molecule has 0 fully saturated rings. The fraction of sp³-hybridized carbons (Fsp3) is 0.429. The summed E-state index contributed by atoms with van der Waals surface area (Å²) < 4.78 is 39.4. The molecule has 1 aromatic rings. The Hall–Kier alpha value is -1.46. The summed E-state index contributed by atoms with van der Waals surface area (Å²) >= 11 is 0. The van der Waals surface area contributed by atoms with Crippen LogP contribution in [0.4, 0.5) is 4.39 Å². The summed E-state index contributed by atoms with van der Waals surface area (Å²) in [4.78, 5) is -0.190. The molecule has 0 aliphatic carbocycles. The van der Waals surface area contributed by atoms with Gasteiger partial charge in [0.15, 0.2) is 0 Å². The molecule has 0 amide bonds. The van der Waals surface area contributed by atoms with Crippen molar-refractivity contribution in [3.63, 3.8) is 0 Å². The van der Waals surface area contributed by atoms with Gasteiger partial charge in [-0.2, -0.15) is 4.31 Å². The number of benzene rings is 1. The molecule has 7 heteroatoms. The van der Waals surface area contributed by atoms with Crippen LogP contribution in [-0.4, -0.2) is 43.6 Å². The van der Waals surface area contributed by atoms with E-state index in [1.54, 1.807) is 0 Å². The van der Waals surface area contributed by atoms with Gasteiger partial charge in [0, 0.05) is 13.6 Å². The largest absolute Gasteiger partial charge is 0.389 e. The second-order valence-electron chi connectivity index (χ2n) is 5.22. The number of hydrogen-bond donors (Lipinski definition) is 2. The Balaban J connectivity index is 3.13. The first-order valence-electron chi connectivity index (χ1n) is 6.25. The molecule has 0 saturated carbocycles. The van der Waals surface area contributed by atoms with E-state index in [1.165, 1.54) is 33.0 Å². The lowest BCUT2D eigenvalue weighted by Gasteiger charge is -2.25. The minimum atomic E-state index is -3.87. The third-order valence-electron chi connectivity index (χ3n) is 2.58. The summed E-state index contributed by atoms with van der Waals surface area (Å²) in [6.45, 7) is 2.97. The predicted octanol–water partition coefficient (Wildman–Crippen LogP) is 0.527. The third kappa shape index (κ3) is 4.79. The summed E-state index contributed by atoms with van der Waals surface area (Å²) in [6, 6.07) is 3.49. The molecule has 0 atom stereocenters. The molecule has 116 valence electrons. The van der Waals surface area contributed by atoms with Crippen molar-refractivity contribution >= 4 is 10.0 Å². The predicted molar refractivity (Wildman–Crippen MR) is 78.4 cm³/mol. The van der Waals surface area contributed by atoms with Crippen LogP contribution in [0, 0.1) is 17.7 Å². The second kappa shape index (κ2) is 6.54. The highest BCUT2D eigenvalue weighted by atomic mass is 32.2. The number of likely N-dealkylation sites (N-methyl/N-ethyl adjacent to an activating group) is 1. The Labute approximate surface area is 124 Å². The molecule has 0 bridgehead atoms. The Kier molecular flexibility index (Phi) is 5.48. The van der Waals surface area contributed by atoms with Crippen molar-refractivity contribution in [2.45, 2.75) is 24.3 Å². The summed E-state index contributed by atoms with van der Waals surface area (Å²) in [6.07, 6.45) is 0. The minimum absolute atomic E-state index is 0.0875. The highest BCUT2D eigenvalue weighted by Crippen LogP contribution is 2.19. The quantitative estimate of drug-likeness (QED) is 0.794. The van der Waals surface area contributed by atoms with Gasteiger partial charge >= 0.3 is 0 Å². The molecular formula is C14H19FN2O3S. The first-order valence-corrected chi connectivity index (χ1v) is 7.69. The van der Waals surface area contributed by atoms with Crippen molar-refractivity contribution in [3.05, 3.63) is 29.6 Å². The number of halogens is 1. The number of nitrogens with zero attached hydrogens (tertiary/aromatic N) is 1. The topological polar surface area (TPSA) is 83.6 Å². The Morgan fingerprint density at radius 3 is 2.52 bits per heavy atom. The maximum absolute atomic E-state index is 13.8. The third-order valence-corrected chi connectivity index (χ3v) is 4.38. The molecule has 0 heterocycles. The Bertz CT molecular complexity index is 670. The lowest BCUT2D eigenvalue weighted by Crippen LogP contribution is -2.39. The van der Waals surface area contributed by atoms with Crippen molar-refractivity contribution in [3.8, 4) is 11.8 Å². The van der Waals surface area contributed by atoms with Crippen LogP contribution >= 0.6 is 0 Å². The van der Waals surface area contributed by atoms with Crippen LogP contribution in [0.25, 0.3) is 0 Å². The van der Waals surface area contributed by atoms with Crippen molar-refractivity contribution in [2.24, 2.45) is 5.73 Å². The molecule has 0 aliphatic rings. The molecular weight excluding hydrogens is 295 g/mol. The van der Waals surface area contributed by atoms with Crippen LogP contribution in [0.5, 0.6) is 0 Å². The average Bonchev–Trinajstić information content (AvgIpc) is 2.35. The van der Waals surface area contributed by atoms with Gasteiger partial charge in [-0.15, -0.1) is 0 Å². The molecule has 0 radical (unpaired) electrons. The zero-order chi connectivity index (χ0) is 16.3. The Morgan fingerprint density at radius 2 is 2.05 bits per heavy atom. The highest BCUT2D eigenvalue weighted by molar-refractivity contribution is 7.89. The van der Waals surface area contributed by atoms with E-state index in [9.17, 15) is 17.9 Å². The normalized spacial score (nSPS) is 12.1. The molecule has 5 nitrogen and oxygen atoms in total. The van der Waals surface area contributed by atoms with Crippen LogP contribution in [0.3, 0.4) is 0 Å². The molecule has 1 aromatic carbocycles. The number of nitrogens with two attached hydrogens (primary N) is 1. The number of sulfonamides is 1. The van der Waals surface area contributed by atoms with Gasteiger partial charge in [0.05, 0.1) is 22.6 Å². The lowest BCUT2D eigenvalue weighted by atomic mass is 10.1. The van der Waals surface area contributed by atoms with Crippen LogP contribution in [0.15, 0.2) is 23.1 Å². The van der Waals surface area contributed by atoms with E-state index in [2.05, 4.69) is 11.8 Å². The molecule has 3 N–H and O–H groups in total. The van der Waals surface area contributed by atoms with E-state index < -0.39 is 21.4 Å². The van der Waals surface area contributed by atoms with E-state index >= 15 is 0 Å². The van der Waals surface area contributed by atoms with Gasteiger partial charge in [-0.3, -0.25) is 0 Å². The monoisotopic (exact) mass is 314 g/mol. The molecule has 0 unspecified atom stereocenters. The second-order valence-corrected chi connectivity index (χ2v) is 7.27. The summed E-state index contributed by atoms with van der Waals surface area (Å²) in [5.41, 5.74) is 4.10. The molecule has 0 aromatic heterocycles. The number of aliphatic hydroxyl groups is 1. The standard InChI is InChI=1S/C14H19FN2O3S/c1-14(2,18)10-17(3)21(19,20)12-7-6-11(5-4-8-16)13(15)9-12/h6-7,9,18H,8,10,16H2,1-3H3. The summed E-state index contributed by atoms with van der Waals surface area (Å²) in [5.74, 6) is 4.29. The first-order chi connectivity index (χ1) is 9.58. The molecule has 0 aliphatic heterocycles. The van der Waals surface area contributed by atoms with Crippen molar-refractivity contribution in [2.75, 3.05) is 20.1 Å². The smallest absolute Gasteiger partial charge is 0.243 e. The minimum Gasteiger partial charge on any atom is -0.389 e. The van der Waals surface area contributed by atoms with Crippen molar-refractivity contribution in [1.82, 2.24) is 4.31 Å². The van der Waals surface area contributed by atoms with Gasteiger partial charge in [-0.1, -0.05) is 11.8 Å². The zero-order valence-corrected chi connectivity index (χ0v) is 13.0. The van der Waals surface area contributed by atoms with Crippen LogP contribution in [-0.2, 0) is 10.0 Å². The fourth-order valence-electron chi connectivity index (χ4n) is 1.71. The molecule has 21 heavy (non-hydrogen) atoms. The lowest BCUT2D eigenvalue weighted by molar-refractivity contribution is 0.0640. The van der Waals surface area contributed by atoms with Gasteiger partial charge in [-0.05, 0) is 32.0 Å². The van der Waals surface area contributed by atoms with Gasteiger partial charge in [0.2, 0.25) is 10.0 Å². The van der Waals surface area contributed by atoms with Crippen molar-refractivity contribution in [1.29, 1.82) is 0 Å². The SMILES string of the molecule is CN(CC(C)(C)O)S(=O)(=O)c1ccc(C#CCN)c(F)c1. The van der Waals surface area contributed by atoms with E-state index in [1.807, 2.05) is 0 Å². The first kappa shape index (κ1) is 17.6. The van der Waals surface area contributed by atoms with Crippen LogP contribution < -0.4 is 5.73 Å². The van der Waals surface area contributed by atoms with Gasteiger partial charge in [0.25, 0.3) is 0 Å². The van der Waals surface area contributed by atoms with Gasteiger partial charge in [0.1, 0.15) is 5.82 Å². The van der Waals surface area contributed by atoms with E-state index in [0.717, 1.165) is 10.4 Å². The zero-order valence-electron chi connectivity index (χ0n) is 12.2. The summed E-state index contributed by atoms with van der Waals surface area (Å²) in [5, 5.41) is 9.68. The average molecular weight is 314 g/mol. The molecule has 1 rings (SSSR count). The maximum atomic E-state index is 13.8. The highest BCUT2D eigenvalue weighted by Gasteiger charge is 2.26. The van der Waals surface area contributed by atoms with E-state index in [4.69, 9.17) is 5.73 Å². The van der Waals surface area contributed by atoms with Crippen LogP contribution in [0.2, 0.25) is 0 Å². The number of hydrogen-bond acceptors (Lipinski definition) is 4. The summed E-state index contributed by atoms with van der Waals surface area (Å²) in [7, 11) is -2.54. The van der Waals surface area contributed by atoms with Gasteiger partial charge in [-0.25, -0.2) is 12.8 Å². The Morgan fingerprint density at radius 1 is 1.43 bits per heavy atom. The fourth-order valence-corrected chi connectivity index (χ4v) is 3.05. The molecule has 0 saturated heterocycles. The van der Waals surface area contributed by atoms with Gasteiger partial charge < -0.3 is 10.8 Å². The van der Waals surface area contributed by atoms with E-state index in [0.29, 0.717) is 0 Å². The maximum Gasteiger partial charge on any atom is 0.243 e. The van der Waals surface area contributed by atoms with Crippen LogP contribution in [0.1, 0.15) is 19.4 Å². The molecule has 0 spiro atoms. The van der Waals surface area contributed by atoms with Crippen molar-refractivity contribution < 1.29 is 17.9 Å².